The van der Waals surface area contributed by atoms with Crippen molar-refractivity contribution >= 4 is 20.1 Å². The molecule has 0 N–H and O–H groups in total. The number of rotatable bonds is 8. The summed E-state index contributed by atoms with van der Waals surface area (Å²) in [5.74, 6) is 1.08. The van der Waals surface area contributed by atoms with Crippen LogP contribution in [0.15, 0.2) is 30.3 Å². The molecular weight excluding hydrogens is 441 g/mol. The molecule has 0 fully saturated rings. The van der Waals surface area contributed by atoms with Gasteiger partial charge in [0, 0.05) is 0 Å². The molecule has 0 aliphatic rings. The van der Waals surface area contributed by atoms with E-state index < -0.39 is 31.9 Å². The summed E-state index contributed by atoms with van der Waals surface area (Å²) in [6.45, 7) is 0. The molecule has 0 heterocycles. The first-order valence-corrected chi connectivity index (χ1v) is 18.1. The number of hydrogen-bond donors (Lipinski definition) is 0. The maximum atomic E-state index is 5.39. The second kappa shape index (κ2) is 8.66. The monoisotopic (exact) mass is 460 g/mol. The van der Waals surface area contributed by atoms with Gasteiger partial charge in [-0.1, -0.05) is 0 Å². The summed E-state index contributed by atoms with van der Waals surface area (Å²) in [6, 6.07) is 11.7. The summed E-state index contributed by atoms with van der Waals surface area (Å²) in [5.41, 5.74) is 0. The minimum atomic E-state index is -2.34. The van der Waals surface area contributed by atoms with Crippen LogP contribution in [0.1, 0.15) is 0 Å². The van der Waals surface area contributed by atoms with Crippen molar-refractivity contribution in [1.82, 2.24) is 0 Å². The molecular formula is C11H18HgO3SSi. The maximum absolute atomic E-state index is 5.39. The normalized spacial score (nSPS) is 11.2. The Labute approximate surface area is 119 Å². The van der Waals surface area contributed by atoms with Gasteiger partial charge in [0.1, 0.15) is 0 Å². The van der Waals surface area contributed by atoms with E-state index in [2.05, 4.69) is 38.6 Å². The zero-order valence-corrected chi connectivity index (χ0v) is 18.0. The molecule has 0 saturated carbocycles. The summed E-state index contributed by atoms with van der Waals surface area (Å²) in [7, 11) is 4.77. The Morgan fingerprint density at radius 1 is 1.06 bits per heavy atom. The van der Waals surface area contributed by atoms with E-state index >= 15 is 0 Å². The van der Waals surface area contributed by atoms with E-state index in [-0.39, 0.29) is 0 Å². The van der Waals surface area contributed by atoms with Crippen molar-refractivity contribution in [3.63, 3.8) is 0 Å². The molecule has 0 saturated heterocycles. The van der Waals surface area contributed by atoms with Crippen LogP contribution in [-0.4, -0.2) is 35.9 Å². The summed E-state index contributed by atoms with van der Waals surface area (Å²) in [6.07, 6.45) is 0. The fourth-order valence-electron chi connectivity index (χ4n) is 1.52. The summed E-state index contributed by atoms with van der Waals surface area (Å²) in [4.78, 5) is 0. The van der Waals surface area contributed by atoms with E-state index in [9.17, 15) is 0 Å². The molecule has 1 aromatic carbocycles. The van der Waals surface area contributed by atoms with E-state index in [1.54, 1.807) is 24.4 Å². The predicted octanol–water partition coefficient (Wildman–Crippen LogP) is 1.92. The van der Waals surface area contributed by atoms with Crippen molar-refractivity contribution in [2.24, 2.45) is 0 Å². The zero-order valence-electron chi connectivity index (χ0n) is 10.6. The fraction of sp³-hybridized carbons (Fsp3) is 0.455. The van der Waals surface area contributed by atoms with Gasteiger partial charge in [-0.3, -0.25) is 0 Å². The van der Waals surface area contributed by atoms with Crippen molar-refractivity contribution in [3.05, 3.63) is 30.3 Å². The molecule has 0 aliphatic carbocycles. The SMILES string of the molecule is CO[Si](CC[S][Hg][c]1ccccc1)(OC)OC. The molecule has 92 valence electrons. The number of benzene rings is 1. The molecule has 0 aliphatic heterocycles. The van der Waals surface area contributed by atoms with E-state index in [1.807, 2.05) is 0 Å². The van der Waals surface area contributed by atoms with Gasteiger partial charge in [0.25, 0.3) is 0 Å². The third-order valence-electron chi connectivity index (χ3n) is 2.60. The van der Waals surface area contributed by atoms with Crippen LogP contribution in [0.5, 0.6) is 0 Å². The zero-order chi connectivity index (χ0) is 12.6. The molecule has 0 radical (unpaired) electrons. The molecule has 0 bridgehead atoms. The van der Waals surface area contributed by atoms with Crippen LogP contribution in [0.4, 0.5) is 0 Å². The van der Waals surface area contributed by atoms with Crippen molar-refractivity contribution in [2.45, 2.75) is 6.04 Å². The Balaban J connectivity index is 2.28. The van der Waals surface area contributed by atoms with Gasteiger partial charge in [0.15, 0.2) is 0 Å². The van der Waals surface area contributed by atoms with E-state index in [0.717, 1.165) is 11.8 Å². The average molecular weight is 459 g/mol. The van der Waals surface area contributed by atoms with E-state index in [4.69, 9.17) is 13.3 Å². The van der Waals surface area contributed by atoms with Gasteiger partial charge in [0.2, 0.25) is 0 Å². The van der Waals surface area contributed by atoms with Gasteiger partial charge >= 0.3 is 120 Å². The number of hydrogen-bond acceptors (Lipinski definition) is 4. The predicted molar refractivity (Wildman–Crippen MR) is 70.1 cm³/mol. The van der Waals surface area contributed by atoms with Gasteiger partial charge in [-0.15, -0.1) is 0 Å². The first-order valence-electron chi connectivity index (χ1n) is 5.53. The molecule has 0 aromatic heterocycles. The average Bonchev–Trinajstić information content (AvgIpc) is 2.41. The Kier molecular flexibility index (Phi) is 7.98. The summed E-state index contributed by atoms with van der Waals surface area (Å²) in [5, 5.41) is 0. The van der Waals surface area contributed by atoms with Crippen LogP contribution in [0, 0.1) is 0 Å². The van der Waals surface area contributed by atoms with Crippen LogP contribution >= 0.6 is 8.24 Å². The van der Waals surface area contributed by atoms with Crippen LogP contribution in [0.3, 0.4) is 0 Å². The van der Waals surface area contributed by atoms with Crippen LogP contribution < -0.4 is 3.07 Å². The van der Waals surface area contributed by atoms with Gasteiger partial charge < -0.3 is 0 Å². The molecule has 0 amide bonds. The second-order valence-corrected chi connectivity index (χ2v) is 19.1. The molecule has 3 nitrogen and oxygen atoms in total. The van der Waals surface area contributed by atoms with Crippen LogP contribution in [0.2, 0.25) is 6.04 Å². The fourth-order valence-corrected chi connectivity index (χ4v) is 17.6. The molecule has 17 heavy (non-hydrogen) atoms. The first-order chi connectivity index (χ1) is 8.26. The van der Waals surface area contributed by atoms with Gasteiger partial charge in [-0.25, -0.2) is 0 Å². The topological polar surface area (TPSA) is 27.7 Å². The Morgan fingerprint density at radius 3 is 2.18 bits per heavy atom. The van der Waals surface area contributed by atoms with Crippen LogP contribution in [-0.2, 0) is 36.3 Å². The third kappa shape index (κ3) is 5.40. The van der Waals surface area contributed by atoms with Crippen molar-refractivity contribution in [3.8, 4) is 0 Å². The second-order valence-electron chi connectivity index (χ2n) is 3.58. The molecule has 1 rings (SSSR count). The summed E-state index contributed by atoms with van der Waals surface area (Å²) < 4.78 is 17.7. The first kappa shape index (κ1) is 15.7. The molecule has 0 atom stereocenters. The third-order valence-corrected chi connectivity index (χ3v) is 18.2. The minimum absolute atomic E-state index is 0.897. The van der Waals surface area contributed by atoms with Crippen molar-refractivity contribution < 1.29 is 36.3 Å². The Bertz CT molecular complexity index is 301. The molecule has 0 spiro atoms. The van der Waals surface area contributed by atoms with Crippen molar-refractivity contribution in [1.29, 1.82) is 0 Å². The van der Waals surface area contributed by atoms with E-state index in [1.165, 1.54) is 0 Å². The van der Waals surface area contributed by atoms with Crippen LogP contribution in [0.25, 0.3) is 0 Å². The molecule has 0 unspecified atom stereocenters. The van der Waals surface area contributed by atoms with Gasteiger partial charge in [0.05, 0.1) is 0 Å². The van der Waals surface area contributed by atoms with Gasteiger partial charge in [-0.05, 0) is 0 Å². The Morgan fingerprint density at radius 2 is 1.65 bits per heavy atom. The Hall–Kier alpha value is 0.602. The summed E-state index contributed by atoms with van der Waals surface area (Å²) >= 11 is -0.980. The van der Waals surface area contributed by atoms with Crippen molar-refractivity contribution in [2.75, 3.05) is 27.1 Å². The molecule has 1 aromatic rings. The standard InChI is InChI=1S/C6H5.C5H14O3SSi.Hg/c1-2-4-6-5-3-1;1-6-10(7-2,8-3)5-4-9;/h1-5H;9H,4-5H2,1-3H3;/q;;+1/p-1. The van der Waals surface area contributed by atoms with Gasteiger partial charge in [-0.2, -0.15) is 0 Å². The quantitative estimate of drug-likeness (QED) is 0.439. The molecule has 6 heteroatoms. The van der Waals surface area contributed by atoms with E-state index in [0.29, 0.717) is 0 Å².